The quantitative estimate of drug-likeness (QED) is 0.860. The summed E-state index contributed by atoms with van der Waals surface area (Å²) in [6.07, 6.45) is 0. The third-order valence-electron chi connectivity index (χ3n) is 2.90. The maximum atomic E-state index is 13.5. The molecule has 0 fully saturated rings. The normalized spacial score (nSPS) is 10.2. The predicted octanol–water partition coefficient (Wildman–Crippen LogP) is 2.68. The van der Waals surface area contributed by atoms with Crippen LogP contribution in [0.5, 0.6) is 0 Å². The van der Waals surface area contributed by atoms with Gasteiger partial charge < -0.3 is 10.6 Å². The molecule has 0 atom stereocenters. The summed E-state index contributed by atoms with van der Waals surface area (Å²) in [4.78, 5) is 13.7. The summed E-state index contributed by atoms with van der Waals surface area (Å²) in [6, 6.07) is 13.3. The van der Waals surface area contributed by atoms with Crippen LogP contribution in [0, 0.1) is 5.82 Å². The fourth-order valence-electron chi connectivity index (χ4n) is 1.85. The molecule has 0 spiro atoms. The topological polar surface area (TPSA) is 46.3 Å². The van der Waals surface area contributed by atoms with Crippen molar-refractivity contribution in [3.05, 3.63) is 65.5 Å². The largest absolute Gasteiger partial charge is 0.398 e. The Morgan fingerprint density at radius 3 is 2.47 bits per heavy atom. The average molecular weight is 258 g/mol. The van der Waals surface area contributed by atoms with Crippen LogP contribution >= 0.6 is 0 Å². The van der Waals surface area contributed by atoms with Crippen LogP contribution in [-0.4, -0.2) is 17.9 Å². The number of nitrogens with zero attached hydrogens (tertiary/aromatic N) is 1. The predicted molar refractivity (Wildman–Crippen MR) is 73.1 cm³/mol. The van der Waals surface area contributed by atoms with Crippen molar-refractivity contribution in [2.75, 3.05) is 12.8 Å². The summed E-state index contributed by atoms with van der Waals surface area (Å²) in [5.41, 5.74) is 7.10. The van der Waals surface area contributed by atoms with Crippen molar-refractivity contribution in [3.8, 4) is 0 Å². The molecule has 4 heteroatoms. The molecule has 0 bridgehead atoms. The molecule has 0 unspecified atom stereocenters. The van der Waals surface area contributed by atoms with Gasteiger partial charge in [-0.1, -0.05) is 30.3 Å². The molecule has 2 aromatic rings. The number of rotatable bonds is 3. The zero-order valence-corrected chi connectivity index (χ0v) is 10.6. The van der Waals surface area contributed by atoms with Gasteiger partial charge in [0.1, 0.15) is 5.82 Å². The third kappa shape index (κ3) is 2.91. The Bertz CT molecular complexity index is 598. The molecule has 0 saturated heterocycles. The Labute approximate surface area is 111 Å². The Morgan fingerprint density at radius 2 is 1.79 bits per heavy atom. The van der Waals surface area contributed by atoms with Crippen LogP contribution in [0.2, 0.25) is 0 Å². The Morgan fingerprint density at radius 1 is 1.16 bits per heavy atom. The molecule has 0 aliphatic rings. The van der Waals surface area contributed by atoms with Crippen LogP contribution in [0.4, 0.5) is 10.1 Å². The van der Waals surface area contributed by atoms with Gasteiger partial charge in [0.25, 0.3) is 5.91 Å². The molecule has 0 aromatic heterocycles. The molecule has 0 aliphatic carbocycles. The van der Waals surface area contributed by atoms with E-state index in [1.165, 1.54) is 11.0 Å². The van der Waals surface area contributed by atoms with E-state index >= 15 is 0 Å². The van der Waals surface area contributed by atoms with Crippen molar-refractivity contribution in [1.29, 1.82) is 0 Å². The average Bonchev–Trinajstić information content (AvgIpc) is 2.41. The van der Waals surface area contributed by atoms with Gasteiger partial charge in [-0.3, -0.25) is 4.79 Å². The molecule has 0 saturated carbocycles. The van der Waals surface area contributed by atoms with E-state index in [0.717, 1.165) is 0 Å². The maximum absolute atomic E-state index is 13.5. The molecule has 1 amide bonds. The van der Waals surface area contributed by atoms with Crippen LogP contribution in [0.3, 0.4) is 0 Å². The SMILES string of the molecule is CN(Cc1ccccc1F)C(=O)c1ccccc1N. The standard InChI is InChI=1S/C15H15FN2O/c1-18(10-11-6-2-4-8-13(11)16)15(19)12-7-3-5-9-14(12)17/h2-9H,10,17H2,1H3. The van der Waals surface area contributed by atoms with Gasteiger partial charge in [-0.05, 0) is 18.2 Å². The lowest BCUT2D eigenvalue weighted by Crippen LogP contribution is -2.27. The molecular formula is C15H15FN2O. The lowest BCUT2D eigenvalue weighted by atomic mass is 10.1. The number of hydrogen-bond acceptors (Lipinski definition) is 2. The number of carbonyl (C=O) groups excluding carboxylic acids is 1. The van der Waals surface area contributed by atoms with Crippen LogP contribution in [0.1, 0.15) is 15.9 Å². The second-order valence-electron chi connectivity index (χ2n) is 4.34. The van der Waals surface area contributed by atoms with E-state index < -0.39 is 0 Å². The molecule has 2 rings (SSSR count). The van der Waals surface area contributed by atoms with Crippen molar-refractivity contribution in [1.82, 2.24) is 4.90 Å². The van der Waals surface area contributed by atoms with Gasteiger partial charge in [-0.15, -0.1) is 0 Å². The van der Waals surface area contributed by atoms with Crippen molar-refractivity contribution >= 4 is 11.6 Å². The van der Waals surface area contributed by atoms with Crippen molar-refractivity contribution in [2.45, 2.75) is 6.54 Å². The first-order valence-corrected chi connectivity index (χ1v) is 5.93. The van der Waals surface area contributed by atoms with E-state index in [-0.39, 0.29) is 18.3 Å². The van der Waals surface area contributed by atoms with E-state index in [1.807, 2.05) is 0 Å². The molecule has 98 valence electrons. The number of nitrogen functional groups attached to an aromatic ring is 1. The number of nitrogens with two attached hydrogens (primary N) is 1. The van der Waals surface area contributed by atoms with Crippen molar-refractivity contribution in [2.24, 2.45) is 0 Å². The second kappa shape index (κ2) is 5.52. The van der Waals surface area contributed by atoms with Gasteiger partial charge in [0.2, 0.25) is 0 Å². The number of hydrogen-bond donors (Lipinski definition) is 1. The van der Waals surface area contributed by atoms with Gasteiger partial charge >= 0.3 is 0 Å². The molecular weight excluding hydrogens is 243 g/mol. The number of carbonyl (C=O) groups is 1. The minimum absolute atomic E-state index is 0.208. The summed E-state index contributed by atoms with van der Waals surface area (Å²) < 4.78 is 13.5. The summed E-state index contributed by atoms with van der Waals surface area (Å²) >= 11 is 0. The zero-order chi connectivity index (χ0) is 13.8. The second-order valence-corrected chi connectivity index (χ2v) is 4.34. The van der Waals surface area contributed by atoms with Gasteiger partial charge in [0.15, 0.2) is 0 Å². The van der Waals surface area contributed by atoms with Gasteiger partial charge in [-0.25, -0.2) is 4.39 Å². The Balaban J connectivity index is 2.17. The minimum Gasteiger partial charge on any atom is -0.398 e. The number of halogens is 1. The fraction of sp³-hybridized carbons (Fsp3) is 0.133. The van der Waals surface area contributed by atoms with Crippen molar-refractivity contribution < 1.29 is 9.18 Å². The number of benzene rings is 2. The molecule has 2 aromatic carbocycles. The van der Waals surface area contributed by atoms with E-state index in [2.05, 4.69) is 0 Å². The molecule has 0 heterocycles. The molecule has 0 radical (unpaired) electrons. The molecule has 0 aliphatic heterocycles. The monoisotopic (exact) mass is 258 g/mol. The van der Waals surface area contributed by atoms with Crippen molar-refractivity contribution in [3.63, 3.8) is 0 Å². The number of anilines is 1. The fourth-order valence-corrected chi connectivity index (χ4v) is 1.85. The zero-order valence-electron chi connectivity index (χ0n) is 10.6. The van der Waals surface area contributed by atoms with E-state index in [1.54, 1.807) is 49.5 Å². The Kier molecular flexibility index (Phi) is 3.80. The first-order valence-electron chi connectivity index (χ1n) is 5.93. The van der Waals surface area contributed by atoms with Gasteiger partial charge in [0.05, 0.1) is 5.56 Å². The van der Waals surface area contributed by atoms with E-state index in [0.29, 0.717) is 16.8 Å². The summed E-state index contributed by atoms with van der Waals surface area (Å²) in [7, 11) is 1.63. The highest BCUT2D eigenvalue weighted by molar-refractivity contribution is 5.98. The van der Waals surface area contributed by atoms with Crippen LogP contribution in [0.15, 0.2) is 48.5 Å². The summed E-state index contributed by atoms with van der Waals surface area (Å²) in [5.74, 6) is -0.537. The highest BCUT2D eigenvalue weighted by Gasteiger charge is 2.15. The van der Waals surface area contributed by atoms with Crippen LogP contribution in [-0.2, 0) is 6.54 Å². The lowest BCUT2D eigenvalue weighted by molar-refractivity contribution is 0.0785. The van der Waals surface area contributed by atoms with Gasteiger partial charge in [-0.2, -0.15) is 0 Å². The van der Waals surface area contributed by atoms with Crippen LogP contribution in [0.25, 0.3) is 0 Å². The highest BCUT2D eigenvalue weighted by atomic mass is 19.1. The maximum Gasteiger partial charge on any atom is 0.255 e. The number of para-hydroxylation sites is 1. The Hall–Kier alpha value is -2.36. The molecule has 2 N–H and O–H groups in total. The molecule has 3 nitrogen and oxygen atoms in total. The third-order valence-corrected chi connectivity index (χ3v) is 2.90. The summed E-state index contributed by atoms with van der Waals surface area (Å²) in [6.45, 7) is 0.208. The highest BCUT2D eigenvalue weighted by Crippen LogP contribution is 2.15. The minimum atomic E-state index is -0.316. The summed E-state index contributed by atoms with van der Waals surface area (Å²) in [5, 5.41) is 0. The smallest absolute Gasteiger partial charge is 0.255 e. The first-order chi connectivity index (χ1) is 9.09. The van der Waals surface area contributed by atoms with E-state index in [9.17, 15) is 9.18 Å². The van der Waals surface area contributed by atoms with E-state index in [4.69, 9.17) is 5.73 Å². The lowest BCUT2D eigenvalue weighted by Gasteiger charge is -2.18. The van der Waals surface area contributed by atoms with Crippen LogP contribution < -0.4 is 5.73 Å². The molecule has 19 heavy (non-hydrogen) atoms. The number of amides is 1. The van der Waals surface area contributed by atoms with Gasteiger partial charge in [0, 0.05) is 24.8 Å². The first kappa shape index (κ1) is 13.1.